The molecule has 0 heterocycles. The number of hydrogen-bond acceptors (Lipinski definition) is 1. The Balaban J connectivity index is 1.92. The van der Waals surface area contributed by atoms with Crippen LogP contribution in [0.1, 0.15) is 11.1 Å². The molecule has 3 aromatic rings. The Bertz CT molecular complexity index is 699. The van der Waals surface area contributed by atoms with Gasteiger partial charge < -0.3 is 4.74 Å². The van der Waals surface area contributed by atoms with Gasteiger partial charge in [0.25, 0.3) is 0 Å². The predicted octanol–water partition coefficient (Wildman–Crippen LogP) is 4.96. The average molecular weight is 273 g/mol. The van der Waals surface area contributed by atoms with Gasteiger partial charge in [0, 0.05) is 6.42 Å². The van der Waals surface area contributed by atoms with Crippen LogP contribution < -0.4 is 4.74 Å². The smallest absolute Gasteiger partial charge is 0.118 e. The molecule has 0 amide bonds. The molecule has 0 unspecified atom stereocenters. The largest absolute Gasteiger partial charge is 0.497 e. The number of rotatable bonds is 4. The van der Waals surface area contributed by atoms with E-state index < -0.39 is 0 Å². The molecule has 0 aromatic heterocycles. The highest BCUT2D eigenvalue weighted by Gasteiger charge is 2.05. The molecule has 0 fully saturated rings. The number of benzene rings is 3. The van der Waals surface area contributed by atoms with Gasteiger partial charge in [-0.25, -0.2) is 0 Å². The van der Waals surface area contributed by atoms with Gasteiger partial charge in [-0.15, -0.1) is 0 Å². The van der Waals surface area contributed by atoms with Crippen molar-refractivity contribution in [2.24, 2.45) is 0 Å². The van der Waals surface area contributed by atoms with E-state index >= 15 is 0 Å². The molecule has 103 valence electrons. The van der Waals surface area contributed by atoms with Crippen LogP contribution in [0.3, 0.4) is 0 Å². The molecule has 0 saturated carbocycles. The fourth-order valence-electron chi connectivity index (χ4n) is 2.38. The van der Waals surface area contributed by atoms with Crippen LogP contribution in [-0.4, -0.2) is 7.11 Å². The van der Waals surface area contributed by atoms with Gasteiger partial charge in [0.1, 0.15) is 5.75 Å². The van der Waals surface area contributed by atoms with E-state index in [2.05, 4.69) is 67.1 Å². The van der Waals surface area contributed by atoms with Gasteiger partial charge >= 0.3 is 0 Å². The van der Waals surface area contributed by atoms with Crippen molar-refractivity contribution in [2.75, 3.05) is 7.11 Å². The Labute approximate surface area is 125 Å². The quantitative estimate of drug-likeness (QED) is 0.652. The zero-order chi connectivity index (χ0) is 14.5. The summed E-state index contributed by atoms with van der Waals surface area (Å²) in [5, 5.41) is 0. The van der Waals surface area contributed by atoms with Gasteiger partial charge in [0.05, 0.1) is 7.11 Å². The van der Waals surface area contributed by atoms with E-state index in [4.69, 9.17) is 4.74 Å². The first-order valence-electron chi connectivity index (χ1n) is 7.00. The molecule has 0 spiro atoms. The fourth-order valence-corrected chi connectivity index (χ4v) is 2.38. The SMILES string of the molecule is COc1ccc([CH]c2ccccc2-c2ccccc2)cc1. The summed E-state index contributed by atoms with van der Waals surface area (Å²) in [5.74, 6) is 0.878. The number of hydrogen-bond donors (Lipinski definition) is 0. The van der Waals surface area contributed by atoms with Crippen LogP contribution in [0.2, 0.25) is 0 Å². The maximum atomic E-state index is 5.20. The standard InChI is InChI=1S/C20H17O/c1-21-19-13-11-16(12-14-19)15-18-9-5-6-10-20(18)17-7-3-2-4-8-17/h2-15H,1H3. The first-order chi connectivity index (χ1) is 10.4. The van der Waals surface area contributed by atoms with Gasteiger partial charge in [-0.05, 0) is 34.4 Å². The van der Waals surface area contributed by atoms with Gasteiger partial charge in [-0.2, -0.15) is 0 Å². The Morgan fingerprint density at radius 1 is 0.714 bits per heavy atom. The lowest BCUT2D eigenvalue weighted by molar-refractivity contribution is 0.414. The summed E-state index contributed by atoms with van der Waals surface area (Å²) in [6.45, 7) is 0. The Kier molecular flexibility index (Phi) is 4.02. The van der Waals surface area contributed by atoms with Crippen molar-refractivity contribution in [1.82, 2.24) is 0 Å². The molecule has 3 aromatic carbocycles. The maximum absolute atomic E-state index is 5.20. The minimum atomic E-state index is 0.878. The van der Waals surface area contributed by atoms with Crippen LogP contribution in [0.5, 0.6) is 5.75 Å². The van der Waals surface area contributed by atoms with Crippen molar-refractivity contribution in [2.45, 2.75) is 0 Å². The summed E-state index contributed by atoms with van der Waals surface area (Å²) in [7, 11) is 1.68. The zero-order valence-corrected chi connectivity index (χ0v) is 12.0. The first kappa shape index (κ1) is 13.4. The van der Waals surface area contributed by atoms with E-state index in [1.807, 2.05) is 18.2 Å². The lowest BCUT2D eigenvalue weighted by atomic mass is 9.95. The summed E-state index contributed by atoms with van der Waals surface area (Å²) in [6.07, 6.45) is 2.20. The molecule has 1 heteroatoms. The van der Waals surface area contributed by atoms with E-state index in [0.29, 0.717) is 0 Å². The van der Waals surface area contributed by atoms with Crippen LogP contribution in [0.15, 0.2) is 78.9 Å². The topological polar surface area (TPSA) is 9.23 Å². The maximum Gasteiger partial charge on any atom is 0.118 e. The van der Waals surface area contributed by atoms with E-state index in [1.54, 1.807) is 7.11 Å². The number of ether oxygens (including phenoxy) is 1. The summed E-state index contributed by atoms with van der Waals surface area (Å²) in [5.41, 5.74) is 4.86. The van der Waals surface area contributed by atoms with E-state index in [1.165, 1.54) is 22.3 Å². The Morgan fingerprint density at radius 3 is 2.10 bits per heavy atom. The highest BCUT2D eigenvalue weighted by molar-refractivity contribution is 5.70. The Morgan fingerprint density at radius 2 is 1.38 bits per heavy atom. The van der Waals surface area contributed by atoms with E-state index in [9.17, 15) is 0 Å². The molecular weight excluding hydrogens is 256 g/mol. The average Bonchev–Trinajstić information content (AvgIpc) is 2.57. The monoisotopic (exact) mass is 273 g/mol. The Hall–Kier alpha value is -2.54. The summed E-state index contributed by atoms with van der Waals surface area (Å²) < 4.78 is 5.20. The molecule has 0 aliphatic heterocycles. The van der Waals surface area contributed by atoms with Crippen molar-refractivity contribution >= 4 is 0 Å². The van der Waals surface area contributed by atoms with E-state index in [0.717, 1.165) is 5.75 Å². The van der Waals surface area contributed by atoms with Gasteiger partial charge in [0.15, 0.2) is 0 Å². The molecule has 0 N–H and O–H groups in total. The predicted molar refractivity (Wildman–Crippen MR) is 87.4 cm³/mol. The molecule has 1 radical (unpaired) electrons. The molecule has 21 heavy (non-hydrogen) atoms. The first-order valence-corrected chi connectivity index (χ1v) is 7.00. The molecule has 0 bridgehead atoms. The summed E-state index contributed by atoms with van der Waals surface area (Å²) in [4.78, 5) is 0. The zero-order valence-electron chi connectivity index (χ0n) is 12.0. The van der Waals surface area contributed by atoms with Crippen molar-refractivity contribution in [1.29, 1.82) is 0 Å². The van der Waals surface area contributed by atoms with Gasteiger partial charge in [0.2, 0.25) is 0 Å². The molecule has 0 aliphatic carbocycles. The molecule has 0 saturated heterocycles. The third kappa shape index (κ3) is 3.14. The normalized spacial score (nSPS) is 10.3. The summed E-state index contributed by atoms with van der Waals surface area (Å²) in [6, 6.07) is 27.0. The van der Waals surface area contributed by atoms with Crippen molar-refractivity contribution in [3.8, 4) is 16.9 Å². The minimum absolute atomic E-state index is 0.878. The summed E-state index contributed by atoms with van der Waals surface area (Å²) >= 11 is 0. The van der Waals surface area contributed by atoms with Gasteiger partial charge in [-0.1, -0.05) is 66.7 Å². The van der Waals surface area contributed by atoms with Crippen LogP contribution >= 0.6 is 0 Å². The second kappa shape index (κ2) is 6.27. The molecule has 1 nitrogen and oxygen atoms in total. The van der Waals surface area contributed by atoms with Crippen LogP contribution in [0.4, 0.5) is 0 Å². The van der Waals surface area contributed by atoms with Crippen LogP contribution in [-0.2, 0) is 0 Å². The van der Waals surface area contributed by atoms with Crippen molar-refractivity contribution in [3.05, 3.63) is 96.4 Å². The second-order valence-corrected chi connectivity index (χ2v) is 4.87. The minimum Gasteiger partial charge on any atom is -0.497 e. The van der Waals surface area contributed by atoms with Crippen molar-refractivity contribution < 1.29 is 4.74 Å². The number of methoxy groups -OCH3 is 1. The third-order valence-electron chi connectivity index (χ3n) is 3.48. The molecule has 0 aliphatic rings. The highest BCUT2D eigenvalue weighted by Crippen LogP contribution is 2.27. The highest BCUT2D eigenvalue weighted by atomic mass is 16.5. The molecule has 0 atom stereocenters. The van der Waals surface area contributed by atoms with Gasteiger partial charge in [-0.3, -0.25) is 0 Å². The van der Waals surface area contributed by atoms with Crippen LogP contribution in [0, 0.1) is 6.42 Å². The lowest BCUT2D eigenvalue weighted by Crippen LogP contribution is -1.90. The third-order valence-corrected chi connectivity index (χ3v) is 3.48. The lowest BCUT2D eigenvalue weighted by Gasteiger charge is -2.10. The fraction of sp³-hybridized carbons (Fsp3) is 0.0500. The van der Waals surface area contributed by atoms with E-state index in [-0.39, 0.29) is 0 Å². The molecule has 3 rings (SSSR count). The van der Waals surface area contributed by atoms with Crippen molar-refractivity contribution in [3.63, 3.8) is 0 Å². The second-order valence-electron chi connectivity index (χ2n) is 4.87. The van der Waals surface area contributed by atoms with Crippen LogP contribution in [0.25, 0.3) is 11.1 Å². The molecular formula is C20H17O.